The van der Waals surface area contributed by atoms with E-state index in [4.69, 9.17) is 0 Å². The van der Waals surface area contributed by atoms with Crippen LogP contribution >= 0.6 is 0 Å². The first-order valence-corrected chi connectivity index (χ1v) is 9.13. The van der Waals surface area contributed by atoms with Gasteiger partial charge in [0.05, 0.1) is 22.2 Å². The number of sulfonamides is 1. The predicted octanol–water partition coefficient (Wildman–Crippen LogP) is 1.96. The van der Waals surface area contributed by atoms with Crippen molar-refractivity contribution in [2.75, 3.05) is 16.7 Å². The Morgan fingerprint density at radius 1 is 1.29 bits per heavy atom. The summed E-state index contributed by atoms with van der Waals surface area (Å²) in [5, 5.41) is 4.05. The third kappa shape index (κ3) is 2.47. The van der Waals surface area contributed by atoms with E-state index >= 15 is 0 Å². The third-order valence-corrected chi connectivity index (χ3v) is 5.74. The van der Waals surface area contributed by atoms with Crippen LogP contribution < -0.4 is 9.62 Å². The maximum Gasteiger partial charge on any atom is 0.262 e. The fraction of sp³-hybridized carbons (Fsp3) is 0.375. The number of fused-ring (bicyclic) bond motifs is 1. The van der Waals surface area contributed by atoms with Crippen molar-refractivity contribution in [1.82, 2.24) is 9.78 Å². The third-order valence-electron chi connectivity index (χ3n) is 4.36. The Hall–Kier alpha value is -2.35. The quantitative estimate of drug-likeness (QED) is 0.915. The fourth-order valence-electron chi connectivity index (χ4n) is 2.92. The smallest absolute Gasteiger partial charge is 0.262 e. The minimum absolute atomic E-state index is 0.0516. The molecular weight excluding hydrogens is 328 g/mol. The summed E-state index contributed by atoms with van der Waals surface area (Å²) in [5.74, 6) is -0.0516. The molecule has 0 unspecified atom stereocenters. The number of aromatic nitrogens is 2. The van der Waals surface area contributed by atoms with E-state index in [1.54, 1.807) is 48.8 Å². The molecule has 3 rings (SSSR count). The molecule has 1 aliphatic rings. The lowest BCUT2D eigenvalue weighted by Gasteiger charge is -2.16. The Kier molecular flexibility index (Phi) is 3.67. The number of hydrogen-bond acceptors (Lipinski definition) is 4. The summed E-state index contributed by atoms with van der Waals surface area (Å²) in [7, 11) is -2.05. The number of amides is 1. The molecule has 2 aromatic rings. The monoisotopic (exact) mass is 348 g/mol. The van der Waals surface area contributed by atoms with Gasteiger partial charge in [-0.1, -0.05) is 0 Å². The van der Waals surface area contributed by atoms with E-state index < -0.39 is 15.4 Å². The highest BCUT2D eigenvalue weighted by atomic mass is 32.2. The molecule has 0 fully saturated rings. The molecule has 2 heterocycles. The molecule has 8 heteroatoms. The van der Waals surface area contributed by atoms with Crippen molar-refractivity contribution in [3.63, 3.8) is 0 Å². The van der Waals surface area contributed by atoms with E-state index in [0.29, 0.717) is 17.8 Å². The molecule has 0 saturated carbocycles. The van der Waals surface area contributed by atoms with Crippen molar-refractivity contribution in [2.45, 2.75) is 37.6 Å². The zero-order valence-corrected chi connectivity index (χ0v) is 14.9. The van der Waals surface area contributed by atoms with Gasteiger partial charge in [-0.05, 0) is 44.5 Å². The van der Waals surface area contributed by atoms with Gasteiger partial charge < -0.3 is 4.90 Å². The Bertz CT molecular complexity index is 915. The fourth-order valence-corrected chi connectivity index (χ4v) is 3.98. The van der Waals surface area contributed by atoms with Crippen LogP contribution in [0.25, 0.3) is 0 Å². The lowest BCUT2D eigenvalue weighted by Crippen LogP contribution is -2.33. The molecule has 24 heavy (non-hydrogen) atoms. The van der Waals surface area contributed by atoms with Crippen LogP contribution in [0.1, 0.15) is 26.3 Å². The Labute approximate surface area is 141 Å². The molecule has 1 aromatic carbocycles. The van der Waals surface area contributed by atoms with Gasteiger partial charge in [0.2, 0.25) is 5.91 Å². The highest BCUT2D eigenvalue weighted by Gasteiger charge is 2.42. The summed E-state index contributed by atoms with van der Waals surface area (Å²) in [4.78, 5) is 14.0. The molecule has 1 aromatic heterocycles. The minimum Gasteiger partial charge on any atom is -0.314 e. The molecule has 1 aliphatic heterocycles. The van der Waals surface area contributed by atoms with E-state index in [2.05, 4.69) is 9.82 Å². The van der Waals surface area contributed by atoms with Gasteiger partial charge in [0.1, 0.15) is 0 Å². The van der Waals surface area contributed by atoms with Crippen LogP contribution in [0.15, 0.2) is 35.5 Å². The van der Waals surface area contributed by atoms with E-state index in [0.717, 1.165) is 5.69 Å². The van der Waals surface area contributed by atoms with Crippen LogP contribution in [0.4, 0.5) is 11.4 Å². The maximum atomic E-state index is 12.6. The lowest BCUT2D eigenvalue weighted by atomic mass is 9.86. The Balaban J connectivity index is 1.99. The first-order valence-electron chi connectivity index (χ1n) is 7.65. The van der Waals surface area contributed by atoms with Crippen molar-refractivity contribution >= 4 is 27.3 Å². The van der Waals surface area contributed by atoms with Crippen molar-refractivity contribution < 1.29 is 13.2 Å². The van der Waals surface area contributed by atoms with E-state index in [-0.39, 0.29) is 10.8 Å². The van der Waals surface area contributed by atoms with Crippen molar-refractivity contribution in [3.05, 3.63) is 36.2 Å². The molecule has 7 nitrogen and oxygen atoms in total. The largest absolute Gasteiger partial charge is 0.314 e. The zero-order chi connectivity index (χ0) is 17.7. The van der Waals surface area contributed by atoms with Gasteiger partial charge >= 0.3 is 0 Å². The molecule has 0 bridgehead atoms. The Morgan fingerprint density at radius 3 is 2.62 bits per heavy atom. The van der Waals surface area contributed by atoms with Crippen molar-refractivity contribution in [2.24, 2.45) is 0 Å². The average Bonchev–Trinajstić information content (AvgIpc) is 3.05. The van der Waals surface area contributed by atoms with E-state index in [1.807, 2.05) is 6.92 Å². The van der Waals surface area contributed by atoms with Crippen molar-refractivity contribution in [1.29, 1.82) is 0 Å². The summed E-state index contributed by atoms with van der Waals surface area (Å²) in [5.41, 5.74) is 1.11. The maximum absolute atomic E-state index is 12.6. The number of aryl methyl sites for hydroxylation is 1. The average molecular weight is 348 g/mol. The molecule has 0 aliphatic carbocycles. The van der Waals surface area contributed by atoms with Crippen molar-refractivity contribution in [3.8, 4) is 0 Å². The molecule has 1 N–H and O–H groups in total. The SMILES string of the molecule is CCn1cc(NS(=O)(=O)c2ccc3c(c2)C(C)(C)C(=O)N3C)cn1. The highest BCUT2D eigenvalue weighted by Crippen LogP contribution is 2.41. The standard InChI is InChI=1S/C16H20N4O3S/c1-5-20-10-11(9-17-20)18-24(22,23)12-6-7-14-13(8-12)16(2,3)15(21)19(14)4/h6-10,18H,5H2,1-4H3. The molecule has 1 amide bonds. The first kappa shape index (κ1) is 16.5. The number of nitrogens with one attached hydrogen (secondary N) is 1. The number of nitrogens with zero attached hydrogens (tertiary/aromatic N) is 3. The number of hydrogen-bond donors (Lipinski definition) is 1. The van der Waals surface area contributed by atoms with Crippen LogP contribution in [-0.4, -0.2) is 31.2 Å². The summed E-state index contributed by atoms with van der Waals surface area (Å²) < 4.78 is 29.4. The van der Waals surface area contributed by atoms with Crippen LogP contribution in [0.2, 0.25) is 0 Å². The highest BCUT2D eigenvalue weighted by molar-refractivity contribution is 7.92. The second kappa shape index (κ2) is 5.34. The van der Waals surface area contributed by atoms with Gasteiger partial charge in [-0.25, -0.2) is 8.42 Å². The van der Waals surface area contributed by atoms with Gasteiger partial charge in [0, 0.05) is 25.5 Å². The van der Waals surface area contributed by atoms with Crippen LogP contribution in [0.3, 0.4) is 0 Å². The molecule has 128 valence electrons. The summed E-state index contributed by atoms with van der Waals surface area (Å²) >= 11 is 0. The van der Waals surface area contributed by atoms with Crippen LogP contribution in [0, 0.1) is 0 Å². The second-order valence-corrected chi connectivity index (χ2v) is 8.04. The van der Waals surface area contributed by atoms with Gasteiger partial charge in [0.15, 0.2) is 0 Å². The van der Waals surface area contributed by atoms with Gasteiger partial charge in [0.25, 0.3) is 10.0 Å². The molecule has 0 radical (unpaired) electrons. The number of likely N-dealkylation sites (N-methyl/N-ethyl adjacent to an activating group) is 1. The van der Waals surface area contributed by atoms with Gasteiger partial charge in [-0.3, -0.25) is 14.2 Å². The zero-order valence-electron chi connectivity index (χ0n) is 14.1. The summed E-state index contributed by atoms with van der Waals surface area (Å²) in [6, 6.07) is 4.76. The number of carbonyl (C=O) groups is 1. The van der Waals surface area contributed by atoms with Gasteiger partial charge in [-0.2, -0.15) is 5.10 Å². The first-order chi connectivity index (χ1) is 11.2. The number of anilines is 2. The number of carbonyl (C=O) groups excluding carboxylic acids is 1. The Morgan fingerprint density at radius 2 is 2.00 bits per heavy atom. The summed E-state index contributed by atoms with van der Waals surface area (Å²) in [6.45, 7) is 6.17. The molecule has 0 saturated heterocycles. The van der Waals surface area contributed by atoms with Crippen LogP contribution in [0.5, 0.6) is 0 Å². The topological polar surface area (TPSA) is 84.3 Å². The molecule has 0 spiro atoms. The van der Waals surface area contributed by atoms with Gasteiger partial charge in [-0.15, -0.1) is 0 Å². The number of rotatable bonds is 4. The van der Waals surface area contributed by atoms with E-state index in [9.17, 15) is 13.2 Å². The minimum atomic E-state index is -3.75. The second-order valence-electron chi connectivity index (χ2n) is 6.36. The normalized spacial score (nSPS) is 16.3. The van der Waals surface area contributed by atoms with Crippen LogP contribution in [-0.2, 0) is 26.8 Å². The predicted molar refractivity (Wildman–Crippen MR) is 91.6 cm³/mol. The van der Waals surface area contributed by atoms with E-state index in [1.165, 1.54) is 12.3 Å². The molecule has 0 atom stereocenters. The number of benzene rings is 1. The summed E-state index contributed by atoms with van der Waals surface area (Å²) in [6.07, 6.45) is 3.10. The lowest BCUT2D eigenvalue weighted by molar-refractivity contribution is -0.121. The molecular formula is C16H20N4O3S.